The fourth-order valence-corrected chi connectivity index (χ4v) is 2.12. The zero-order valence-corrected chi connectivity index (χ0v) is 11.0. The molecule has 1 heterocycles. The molecule has 2 aromatic carbocycles. The largest absolute Gasteiger partial charge is 0.440 e. The summed E-state index contributed by atoms with van der Waals surface area (Å²) in [6.07, 6.45) is 0.657. The molecule has 0 atom stereocenters. The lowest BCUT2D eigenvalue weighted by molar-refractivity contribution is 0.544. The maximum absolute atomic E-state index is 5.86. The van der Waals surface area contributed by atoms with E-state index in [1.54, 1.807) is 0 Å². The van der Waals surface area contributed by atoms with Gasteiger partial charge in [0.05, 0.1) is 0 Å². The van der Waals surface area contributed by atoms with Crippen LogP contribution >= 0.6 is 11.6 Å². The third kappa shape index (κ3) is 2.62. The summed E-state index contributed by atoms with van der Waals surface area (Å²) in [7, 11) is 0. The molecule has 0 radical (unpaired) electrons. The Bertz CT molecular complexity index is 704. The van der Waals surface area contributed by atoms with E-state index in [1.165, 1.54) is 0 Å². The van der Waals surface area contributed by atoms with Gasteiger partial charge in [0.2, 0.25) is 0 Å². The van der Waals surface area contributed by atoms with Gasteiger partial charge < -0.3 is 10.2 Å². The van der Waals surface area contributed by atoms with Crippen molar-refractivity contribution in [3.05, 3.63) is 64.5 Å². The molecule has 0 aliphatic heterocycles. The van der Waals surface area contributed by atoms with E-state index in [0.29, 0.717) is 18.9 Å². The molecule has 0 unspecified atom stereocenters. The molecule has 0 aliphatic rings. The van der Waals surface area contributed by atoms with Crippen molar-refractivity contribution >= 4 is 22.7 Å². The first-order chi connectivity index (χ1) is 9.24. The summed E-state index contributed by atoms with van der Waals surface area (Å²) in [6, 6.07) is 13.5. The van der Waals surface area contributed by atoms with Crippen molar-refractivity contribution in [2.75, 3.05) is 0 Å². The number of halogens is 1. The van der Waals surface area contributed by atoms with Crippen molar-refractivity contribution in [1.29, 1.82) is 0 Å². The number of fused-ring (bicyclic) bond motifs is 1. The average molecular weight is 273 g/mol. The Balaban J connectivity index is 1.90. The molecule has 1 aromatic heterocycles. The minimum atomic E-state index is 0.503. The third-order valence-electron chi connectivity index (χ3n) is 3.00. The second-order valence-electron chi connectivity index (χ2n) is 4.42. The molecule has 0 bridgehead atoms. The molecule has 0 saturated carbocycles. The van der Waals surface area contributed by atoms with Gasteiger partial charge in [-0.2, -0.15) is 0 Å². The number of hydrogen-bond donors (Lipinski definition) is 1. The van der Waals surface area contributed by atoms with Gasteiger partial charge in [0.25, 0.3) is 0 Å². The highest BCUT2D eigenvalue weighted by atomic mass is 35.5. The second kappa shape index (κ2) is 5.03. The van der Waals surface area contributed by atoms with Crippen LogP contribution in [0.25, 0.3) is 11.1 Å². The van der Waals surface area contributed by atoms with E-state index in [4.69, 9.17) is 21.8 Å². The Hall–Kier alpha value is -1.84. The van der Waals surface area contributed by atoms with Gasteiger partial charge in [-0.3, -0.25) is 0 Å². The highest BCUT2D eigenvalue weighted by Crippen LogP contribution is 2.20. The number of oxazole rings is 1. The molecule has 96 valence electrons. The number of hydrogen-bond acceptors (Lipinski definition) is 3. The summed E-state index contributed by atoms with van der Waals surface area (Å²) in [6.45, 7) is 0.503. The van der Waals surface area contributed by atoms with E-state index in [-0.39, 0.29) is 0 Å². The standard InChI is InChI=1S/C15H13ClN2O/c16-12-4-1-10(2-5-12)8-15-18-13-6-3-11(9-17)7-14(13)19-15/h1-7H,8-9,17H2. The van der Waals surface area contributed by atoms with E-state index in [2.05, 4.69) is 4.98 Å². The number of benzene rings is 2. The van der Waals surface area contributed by atoms with Crippen LogP contribution in [0.5, 0.6) is 0 Å². The van der Waals surface area contributed by atoms with Crippen molar-refractivity contribution in [3.63, 3.8) is 0 Å². The zero-order chi connectivity index (χ0) is 13.2. The summed E-state index contributed by atoms with van der Waals surface area (Å²) < 4.78 is 5.75. The first kappa shape index (κ1) is 12.2. The topological polar surface area (TPSA) is 52.0 Å². The van der Waals surface area contributed by atoms with Crippen LogP contribution in [0.15, 0.2) is 46.9 Å². The summed E-state index contributed by atoms with van der Waals surface area (Å²) in [4.78, 5) is 4.47. The van der Waals surface area contributed by atoms with Crippen LogP contribution in [0.4, 0.5) is 0 Å². The Kier molecular flexibility index (Phi) is 3.23. The van der Waals surface area contributed by atoms with Gasteiger partial charge >= 0.3 is 0 Å². The molecule has 0 amide bonds. The molecule has 0 saturated heterocycles. The Morgan fingerprint density at radius 1 is 1.05 bits per heavy atom. The van der Waals surface area contributed by atoms with Crippen LogP contribution < -0.4 is 5.73 Å². The summed E-state index contributed by atoms with van der Waals surface area (Å²) in [5.74, 6) is 0.700. The molecule has 3 rings (SSSR count). The normalized spacial score (nSPS) is 11.1. The van der Waals surface area contributed by atoms with Crippen molar-refractivity contribution in [2.24, 2.45) is 5.73 Å². The number of aromatic nitrogens is 1. The van der Waals surface area contributed by atoms with Crippen LogP contribution in [0, 0.1) is 0 Å². The van der Waals surface area contributed by atoms with E-state index < -0.39 is 0 Å². The average Bonchev–Trinajstić information content (AvgIpc) is 2.82. The lowest BCUT2D eigenvalue weighted by atomic mass is 10.1. The molecule has 4 heteroatoms. The van der Waals surface area contributed by atoms with Gasteiger partial charge in [-0.1, -0.05) is 29.8 Å². The fourth-order valence-electron chi connectivity index (χ4n) is 2.00. The highest BCUT2D eigenvalue weighted by molar-refractivity contribution is 6.30. The van der Waals surface area contributed by atoms with Gasteiger partial charge in [-0.05, 0) is 35.4 Å². The lowest BCUT2D eigenvalue weighted by Crippen LogP contribution is -1.94. The van der Waals surface area contributed by atoms with Crippen LogP contribution in [0.2, 0.25) is 5.02 Å². The smallest absolute Gasteiger partial charge is 0.199 e. The van der Waals surface area contributed by atoms with Gasteiger partial charge in [0, 0.05) is 18.0 Å². The zero-order valence-electron chi connectivity index (χ0n) is 10.3. The monoisotopic (exact) mass is 272 g/mol. The van der Waals surface area contributed by atoms with Gasteiger partial charge in [0.15, 0.2) is 11.5 Å². The molecule has 0 fully saturated rings. The number of rotatable bonds is 3. The molecule has 0 aliphatic carbocycles. The van der Waals surface area contributed by atoms with E-state index in [1.807, 2.05) is 42.5 Å². The van der Waals surface area contributed by atoms with Crippen molar-refractivity contribution in [1.82, 2.24) is 4.98 Å². The highest BCUT2D eigenvalue weighted by Gasteiger charge is 2.07. The van der Waals surface area contributed by atoms with Gasteiger partial charge in [-0.15, -0.1) is 0 Å². The SMILES string of the molecule is NCc1ccc2nc(Cc3ccc(Cl)cc3)oc2c1. The maximum atomic E-state index is 5.86. The molecule has 3 nitrogen and oxygen atoms in total. The second-order valence-corrected chi connectivity index (χ2v) is 4.85. The predicted octanol–water partition coefficient (Wildman–Crippen LogP) is 3.53. The molecular weight excluding hydrogens is 260 g/mol. The molecule has 2 N–H and O–H groups in total. The first-order valence-electron chi connectivity index (χ1n) is 6.07. The fraction of sp³-hybridized carbons (Fsp3) is 0.133. The van der Waals surface area contributed by atoms with Crippen molar-refractivity contribution < 1.29 is 4.42 Å². The summed E-state index contributed by atoms with van der Waals surface area (Å²) in [5, 5.41) is 0.730. The van der Waals surface area contributed by atoms with E-state index in [0.717, 1.165) is 27.2 Å². The summed E-state index contributed by atoms with van der Waals surface area (Å²) in [5.41, 5.74) is 9.42. The van der Waals surface area contributed by atoms with Crippen LogP contribution in [-0.4, -0.2) is 4.98 Å². The Morgan fingerprint density at radius 3 is 2.53 bits per heavy atom. The van der Waals surface area contributed by atoms with Crippen LogP contribution in [-0.2, 0) is 13.0 Å². The molecule has 19 heavy (non-hydrogen) atoms. The summed E-state index contributed by atoms with van der Waals surface area (Å²) >= 11 is 5.86. The molecular formula is C15H13ClN2O. The third-order valence-corrected chi connectivity index (χ3v) is 3.25. The minimum Gasteiger partial charge on any atom is -0.440 e. The number of nitrogens with zero attached hydrogens (tertiary/aromatic N) is 1. The van der Waals surface area contributed by atoms with Crippen LogP contribution in [0.1, 0.15) is 17.0 Å². The van der Waals surface area contributed by atoms with Crippen LogP contribution in [0.3, 0.4) is 0 Å². The quantitative estimate of drug-likeness (QED) is 0.793. The molecule has 0 spiro atoms. The van der Waals surface area contributed by atoms with Crippen molar-refractivity contribution in [3.8, 4) is 0 Å². The van der Waals surface area contributed by atoms with Crippen molar-refractivity contribution in [2.45, 2.75) is 13.0 Å². The molecule has 3 aromatic rings. The van der Waals surface area contributed by atoms with E-state index >= 15 is 0 Å². The lowest BCUT2D eigenvalue weighted by Gasteiger charge is -1.96. The maximum Gasteiger partial charge on any atom is 0.199 e. The number of nitrogens with two attached hydrogens (primary N) is 1. The van der Waals surface area contributed by atoms with Gasteiger partial charge in [-0.25, -0.2) is 4.98 Å². The predicted molar refractivity (Wildman–Crippen MR) is 76.2 cm³/mol. The Labute approximate surface area is 116 Å². The first-order valence-corrected chi connectivity index (χ1v) is 6.45. The van der Waals surface area contributed by atoms with Gasteiger partial charge in [0.1, 0.15) is 5.52 Å². The Morgan fingerprint density at radius 2 is 1.79 bits per heavy atom. The minimum absolute atomic E-state index is 0.503. The van der Waals surface area contributed by atoms with E-state index in [9.17, 15) is 0 Å².